The van der Waals surface area contributed by atoms with E-state index in [4.69, 9.17) is 5.73 Å². The molecule has 1 heterocycles. The van der Waals surface area contributed by atoms with Crippen molar-refractivity contribution < 1.29 is 4.79 Å². The van der Waals surface area contributed by atoms with E-state index >= 15 is 0 Å². The summed E-state index contributed by atoms with van der Waals surface area (Å²) in [6.07, 6.45) is 0. The van der Waals surface area contributed by atoms with E-state index in [2.05, 4.69) is 4.98 Å². The second-order valence-electron chi connectivity index (χ2n) is 4.68. The Morgan fingerprint density at radius 3 is 2.43 bits per heavy atom. The second-order valence-corrected chi connectivity index (χ2v) is 4.68. The largest absolute Gasteiger partial charge is 0.368 e. The Bertz CT molecular complexity index is 870. The lowest BCUT2D eigenvalue weighted by molar-refractivity contribution is -0.118. The number of amides is 1. The van der Waals surface area contributed by atoms with Crippen molar-refractivity contribution in [3.8, 4) is 11.4 Å². The Hall–Kier alpha value is -2.95. The molecule has 0 spiro atoms. The van der Waals surface area contributed by atoms with Crippen LogP contribution in [0, 0.1) is 0 Å². The maximum atomic E-state index is 12.6. The Kier molecular flexibility index (Phi) is 3.23. The van der Waals surface area contributed by atoms with Gasteiger partial charge in [-0.2, -0.15) is 0 Å². The lowest BCUT2D eigenvalue weighted by Gasteiger charge is -2.12. The summed E-state index contributed by atoms with van der Waals surface area (Å²) >= 11 is 0. The number of hydrogen-bond donors (Lipinski definition) is 1. The van der Waals surface area contributed by atoms with Gasteiger partial charge in [0.05, 0.1) is 10.9 Å². The Morgan fingerprint density at radius 2 is 1.71 bits per heavy atom. The zero-order chi connectivity index (χ0) is 14.8. The number of nitrogens with two attached hydrogens (primary N) is 1. The summed E-state index contributed by atoms with van der Waals surface area (Å²) in [6, 6.07) is 16.3. The number of carbonyl (C=O) groups excluding carboxylic acids is 1. The first-order valence-electron chi connectivity index (χ1n) is 6.50. The van der Waals surface area contributed by atoms with Crippen molar-refractivity contribution >= 4 is 16.8 Å². The average molecular weight is 279 g/mol. The Balaban J connectivity index is 2.36. The van der Waals surface area contributed by atoms with Gasteiger partial charge < -0.3 is 5.73 Å². The van der Waals surface area contributed by atoms with Crippen molar-refractivity contribution in [2.45, 2.75) is 6.54 Å². The molecule has 5 heteroatoms. The first-order valence-corrected chi connectivity index (χ1v) is 6.50. The highest BCUT2D eigenvalue weighted by Crippen LogP contribution is 2.18. The minimum Gasteiger partial charge on any atom is -0.368 e. The maximum Gasteiger partial charge on any atom is 0.262 e. The van der Waals surface area contributed by atoms with Crippen LogP contribution in [0.5, 0.6) is 0 Å². The molecule has 0 saturated carbocycles. The Morgan fingerprint density at radius 1 is 1.05 bits per heavy atom. The number of carbonyl (C=O) groups is 1. The molecule has 0 fully saturated rings. The summed E-state index contributed by atoms with van der Waals surface area (Å²) < 4.78 is 1.32. The molecule has 2 N–H and O–H groups in total. The van der Waals surface area contributed by atoms with Crippen LogP contribution in [0.15, 0.2) is 59.4 Å². The zero-order valence-corrected chi connectivity index (χ0v) is 11.2. The molecule has 0 aliphatic rings. The SMILES string of the molecule is NC(=O)Cn1c(-c2ccccc2)nc2ccccc2c1=O. The molecule has 5 nitrogen and oxygen atoms in total. The van der Waals surface area contributed by atoms with Gasteiger partial charge in [0.25, 0.3) is 5.56 Å². The number of para-hydroxylation sites is 1. The number of fused-ring (bicyclic) bond motifs is 1. The molecule has 2 aromatic carbocycles. The number of benzene rings is 2. The smallest absolute Gasteiger partial charge is 0.262 e. The number of nitrogens with zero attached hydrogens (tertiary/aromatic N) is 2. The normalized spacial score (nSPS) is 10.7. The fourth-order valence-electron chi connectivity index (χ4n) is 2.28. The van der Waals surface area contributed by atoms with Crippen molar-refractivity contribution in [1.82, 2.24) is 9.55 Å². The summed E-state index contributed by atoms with van der Waals surface area (Å²) in [6.45, 7) is -0.194. The summed E-state index contributed by atoms with van der Waals surface area (Å²) in [5.74, 6) is -0.135. The van der Waals surface area contributed by atoms with Crippen LogP contribution in [-0.2, 0) is 11.3 Å². The van der Waals surface area contributed by atoms with Gasteiger partial charge in [-0.15, -0.1) is 0 Å². The van der Waals surface area contributed by atoms with Crippen molar-refractivity contribution in [1.29, 1.82) is 0 Å². The summed E-state index contributed by atoms with van der Waals surface area (Å²) in [7, 11) is 0. The van der Waals surface area contributed by atoms with Gasteiger partial charge in [0, 0.05) is 5.56 Å². The van der Waals surface area contributed by atoms with Crippen LogP contribution < -0.4 is 11.3 Å². The van der Waals surface area contributed by atoms with Crippen molar-refractivity contribution in [3.05, 3.63) is 65.0 Å². The molecular weight excluding hydrogens is 266 g/mol. The van der Waals surface area contributed by atoms with Gasteiger partial charge in [0.2, 0.25) is 5.91 Å². The van der Waals surface area contributed by atoms with E-state index in [-0.39, 0.29) is 12.1 Å². The average Bonchev–Trinajstić information content (AvgIpc) is 2.50. The Labute approximate surface area is 120 Å². The highest BCUT2D eigenvalue weighted by atomic mass is 16.2. The standard InChI is InChI=1S/C16H13N3O2/c17-14(20)10-19-15(11-6-2-1-3-7-11)18-13-9-5-4-8-12(13)16(19)21/h1-9H,10H2,(H2,17,20). The van der Waals surface area contributed by atoms with Crippen LogP contribution in [0.3, 0.4) is 0 Å². The molecule has 104 valence electrons. The summed E-state index contributed by atoms with van der Waals surface area (Å²) in [4.78, 5) is 28.4. The molecule has 3 rings (SSSR count). The van der Waals surface area contributed by atoms with Crippen molar-refractivity contribution in [2.75, 3.05) is 0 Å². The van der Waals surface area contributed by atoms with E-state index in [9.17, 15) is 9.59 Å². The first-order chi connectivity index (χ1) is 10.2. The fraction of sp³-hybridized carbons (Fsp3) is 0.0625. The molecule has 0 atom stereocenters. The van der Waals surface area contributed by atoms with Gasteiger partial charge in [-0.3, -0.25) is 14.2 Å². The lowest BCUT2D eigenvalue weighted by Crippen LogP contribution is -2.30. The third-order valence-corrected chi connectivity index (χ3v) is 3.21. The molecular formula is C16H13N3O2. The molecule has 1 amide bonds. The molecule has 0 radical (unpaired) electrons. The van der Waals surface area contributed by atoms with E-state index in [1.54, 1.807) is 18.2 Å². The molecule has 1 aromatic heterocycles. The predicted molar refractivity (Wildman–Crippen MR) is 80.6 cm³/mol. The minimum absolute atomic E-state index is 0.194. The molecule has 3 aromatic rings. The number of primary amides is 1. The fourth-order valence-corrected chi connectivity index (χ4v) is 2.28. The van der Waals surface area contributed by atoms with Gasteiger partial charge in [0.1, 0.15) is 12.4 Å². The van der Waals surface area contributed by atoms with Gasteiger partial charge in [-0.1, -0.05) is 42.5 Å². The zero-order valence-electron chi connectivity index (χ0n) is 11.2. The topological polar surface area (TPSA) is 78.0 Å². The van der Waals surface area contributed by atoms with Crippen LogP contribution in [0.25, 0.3) is 22.3 Å². The number of rotatable bonds is 3. The predicted octanol–water partition coefficient (Wildman–Crippen LogP) is 1.55. The van der Waals surface area contributed by atoms with Gasteiger partial charge in [-0.25, -0.2) is 4.98 Å². The third kappa shape index (κ3) is 2.41. The monoisotopic (exact) mass is 279 g/mol. The van der Waals surface area contributed by atoms with Gasteiger partial charge in [0.15, 0.2) is 0 Å². The molecule has 0 bridgehead atoms. The minimum atomic E-state index is -0.577. The van der Waals surface area contributed by atoms with E-state index < -0.39 is 5.91 Å². The molecule has 21 heavy (non-hydrogen) atoms. The van der Waals surface area contributed by atoms with Crippen LogP contribution in [0.2, 0.25) is 0 Å². The number of hydrogen-bond acceptors (Lipinski definition) is 3. The number of aromatic nitrogens is 2. The third-order valence-electron chi connectivity index (χ3n) is 3.21. The first kappa shape index (κ1) is 13.1. The summed E-state index contributed by atoms with van der Waals surface area (Å²) in [5.41, 5.74) is 6.36. The van der Waals surface area contributed by atoms with Crippen molar-refractivity contribution in [2.24, 2.45) is 5.73 Å². The van der Waals surface area contributed by atoms with E-state index in [0.717, 1.165) is 5.56 Å². The van der Waals surface area contributed by atoms with E-state index in [0.29, 0.717) is 16.7 Å². The van der Waals surface area contributed by atoms with Crippen LogP contribution in [0.1, 0.15) is 0 Å². The van der Waals surface area contributed by atoms with Crippen molar-refractivity contribution in [3.63, 3.8) is 0 Å². The highest BCUT2D eigenvalue weighted by Gasteiger charge is 2.13. The van der Waals surface area contributed by atoms with E-state index in [1.807, 2.05) is 36.4 Å². The van der Waals surface area contributed by atoms with Crippen LogP contribution in [-0.4, -0.2) is 15.5 Å². The molecule has 0 saturated heterocycles. The highest BCUT2D eigenvalue weighted by molar-refractivity contribution is 5.81. The van der Waals surface area contributed by atoms with Gasteiger partial charge in [-0.05, 0) is 12.1 Å². The second kappa shape index (κ2) is 5.20. The lowest BCUT2D eigenvalue weighted by atomic mass is 10.2. The van der Waals surface area contributed by atoms with Crippen LogP contribution in [0.4, 0.5) is 0 Å². The van der Waals surface area contributed by atoms with Crippen LogP contribution >= 0.6 is 0 Å². The molecule has 0 unspecified atom stereocenters. The maximum absolute atomic E-state index is 12.6. The molecule has 0 aliphatic carbocycles. The van der Waals surface area contributed by atoms with Gasteiger partial charge >= 0.3 is 0 Å². The molecule has 0 aliphatic heterocycles. The van der Waals surface area contributed by atoms with E-state index in [1.165, 1.54) is 4.57 Å². The summed E-state index contributed by atoms with van der Waals surface area (Å²) in [5, 5.41) is 0.471. The quantitative estimate of drug-likeness (QED) is 0.790.